The van der Waals surface area contributed by atoms with Crippen molar-refractivity contribution in [1.82, 2.24) is 19.5 Å². The van der Waals surface area contributed by atoms with Gasteiger partial charge >= 0.3 is 0 Å². The van der Waals surface area contributed by atoms with Crippen LogP contribution in [0.25, 0.3) is 10.2 Å². The van der Waals surface area contributed by atoms with E-state index < -0.39 is 0 Å². The van der Waals surface area contributed by atoms with E-state index in [1.165, 1.54) is 22.1 Å². The Morgan fingerprint density at radius 1 is 1.45 bits per heavy atom. The lowest BCUT2D eigenvalue weighted by molar-refractivity contribution is 0.665. The number of nitrogens with one attached hydrogen (secondary N) is 1. The summed E-state index contributed by atoms with van der Waals surface area (Å²) >= 11 is 3.29. The molecule has 8 heteroatoms. The number of H-pyrrole nitrogens is 1. The van der Waals surface area contributed by atoms with E-state index in [-0.39, 0.29) is 17.7 Å². The van der Waals surface area contributed by atoms with Crippen molar-refractivity contribution in [1.29, 1.82) is 0 Å². The molecule has 0 aromatic carbocycles. The first-order valence-electron chi connectivity index (χ1n) is 5.74. The summed E-state index contributed by atoms with van der Waals surface area (Å²) in [6.45, 7) is 1.95. The molecule has 3 rings (SSSR count). The molecule has 3 heterocycles. The fourth-order valence-corrected chi connectivity index (χ4v) is 3.04. The van der Waals surface area contributed by atoms with Crippen molar-refractivity contribution in [2.45, 2.75) is 13.5 Å². The van der Waals surface area contributed by atoms with E-state index in [0.717, 1.165) is 0 Å². The lowest BCUT2D eigenvalue weighted by atomic mass is 10.4. The van der Waals surface area contributed by atoms with E-state index in [2.05, 4.69) is 15.0 Å². The minimum atomic E-state index is -0.177. The van der Waals surface area contributed by atoms with E-state index in [1.807, 2.05) is 28.0 Å². The summed E-state index contributed by atoms with van der Waals surface area (Å²) in [6.07, 6.45) is 1.53. The molecule has 0 aliphatic carbocycles. The van der Waals surface area contributed by atoms with Gasteiger partial charge in [0.15, 0.2) is 0 Å². The molecule has 1 N–H and O–H groups in total. The molecule has 6 nitrogen and oxygen atoms in total. The maximum Gasteiger partial charge on any atom is 0.268 e. The third-order valence-corrected chi connectivity index (χ3v) is 4.52. The van der Waals surface area contributed by atoms with Crippen molar-refractivity contribution >= 4 is 44.1 Å². The lowest BCUT2D eigenvalue weighted by Gasteiger charge is -2.08. The highest BCUT2D eigenvalue weighted by atomic mass is 127. The number of aryl methyl sites for hydroxylation is 1. The van der Waals surface area contributed by atoms with Crippen LogP contribution >= 0.6 is 33.9 Å². The third kappa shape index (κ3) is 2.29. The van der Waals surface area contributed by atoms with Crippen LogP contribution in [0.2, 0.25) is 0 Å². The van der Waals surface area contributed by atoms with Gasteiger partial charge in [0, 0.05) is 6.20 Å². The van der Waals surface area contributed by atoms with E-state index in [9.17, 15) is 9.59 Å². The number of aromatic amines is 1. The van der Waals surface area contributed by atoms with Crippen LogP contribution in [0.15, 0.2) is 27.2 Å². The molecule has 102 valence electrons. The second-order valence-electron chi connectivity index (χ2n) is 4.19. The molecule has 0 atom stereocenters. The Balaban J connectivity index is 2.12. The zero-order chi connectivity index (χ0) is 14.3. The second-order valence-corrected chi connectivity index (χ2v) is 6.27. The predicted molar refractivity (Wildman–Crippen MR) is 85.3 cm³/mol. The highest BCUT2D eigenvalue weighted by Gasteiger charge is 2.09. The van der Waals surface area contributed by atoms with Gasteiger partial charge in [-0.25, -0.2) is 9.97 Å². The first-order chi connectivity index (χ1) is 9.56. The van der Waals surface area contributed by atoms with Crippen LogP contribution in [0.5, 0.6) is 0 Å². The Morgan fingerprint density at radius 3 is 3.05 bits per heavy atom. The third-order valence-electron chi connectivity index (χ3n) is 2.88. The fraction of sp³-hybridized carbons (Fsp3) is 0.167. The van der Waals surface area contributed by atoms with E-state index in [0.29, 0.717) is 25.4 Å². The highest BCUT2D eigenvalue weighted by Crippen LogP contribution is 2.13. The summed E-state index contributed by atoms with van der Waals surface area (Å²) < 4.78 is 2.63. The van der Waals surface area contributed by atoms with Gasteiger partial charge in [0.25, 0.3) is 11.1 Å². The molecule has 0 spiro atoms. The quantitative estimate of drug-likeness (QED) is 0.662. The van der Waals surface area contributed by atoms with Crippen LogP contribution in [0.4, 0.5) is 0 Å². The molecule has 0 aliphatic heterocycles. The van der Waals surface area contributed by atoms with Crippen LogP contribution in [0.3, 0.4) is 0 Å². The van der Waals surface area contributed by atoms with Gasteiger partial charge in [-0.15, -0.1) is 11.3 Å². The number of halogens is 1. The number of hydrogen-bond donors (Lipinski definition) is 1. The molecular formula is C12H9IN4O2S. The van der Waals surface area contributed by atoms with Crippen molar-refractivity contribution in [2.24, 2.45) is 0 Å². The van der Waals surface area contributed by atoms with Crippen LogP contribution in [-0.2, 0) is 6.54 Å². The van der Waals surface area contributed by atoms with Crippen LogP contribution < -0.4 is 11.1 Å². The minimum Gasteiger partial charge on any atom is -0.308 e. The molecule has 0 saturated carbocycles. The first-order valence-corrected chi connectivity index (χ1v) is 7.70. The largest absolute Gasteiger partial charge is 0.308 e. The Bertz CT molecular complexity index is 912. The number of aromatic nitrogens is 4. The van der Waals surface area contributed by atoms with Gasteiger partial charge in [-0.3, -0.25) is 14.2 Å². The van der Waals surface area contributed by atoms with Gasteiger partial charge in [0.2, 0.25) is 0 Å². The fourth-order valence-electron chi connectivity index (χ4n) is 1.88. The molecule has 20 heavy (non-hydrogen) atoms. The summed E-state index contributed by atoms with van der Waals surface area (Å²) in [5.74, 6) is 1.04. The average molecular weight is 400 g/mol. The van der Waals surface area contributed by atoms with Crippen molar-refractivity contribution in [3.63, 3.8) is 0 Å². The lowest BCUT2D eigenvalue weighted by Crippen LogP contribution is -2.27. The summed E-state index contributed by atoms with van der Waals surface area (Å²) in [6, 6.07) is 1.79. The Morgan fingerprint density at radius 2 is 2.25 bits per heavy atom. The highest BCUT2D eigenvalue weighted by molar-refractivity contribution is 14.1. The van der Waals surface area contributed by atoms with Gasteiger partial charge < -0.3 is 4.98 Å². The molecule has 3 aromatic heterocycles. The molecule has 3 aromatic rings. The first kappa shape index (κ1) is 13.4. The van der Waals surface area contributed by atoms with E-state index >= 15 is 0 Å². The normalized spacial score (nSPS) is 11.1. The van der Waals surface area contributed by atoms with Crippen LogP contribution in [0, 0.1) is 10.5 Å². The topological polar surface area (TPSA) is 80.6 Å². The zero-order valence-corrected chi connectivity index (χ0v) is 13.4. The van der Waals surface area contributed by atoms with Crippen molar-refractivity contribution < 1.29 is 0 Å². The monoisotopic (exact) mass is 400 g/mol. The summed E-state index contributed by atoms with van der Waals surface area (Å²) in [5.41, 5.74) is 0.341. The zero-order valence-electron chi connectivity index (χ0n) is 10.4. The maximum absolute atomic E-state index is 12.1. The molecule has 0 aliphatic rings. The number of nitrogens with zero attached hydrogens (tertiary/aromatic N) is 3. The SMILES string of the molecule is Cc1ncc(I)c(=O)n1Cc1nc2ccsc2c(=O)[nH]1. The van der Waals surface area contributed by atoms with Gasteiger partial charge in [0.1, 0.15) is 16.3 Å². The second kappa shape index (κ2) is 5.09. The van der Waals surface area contributed by atoms with Crippen molar-refractivity contribution in [3.05, 3.63) is 53.6 Å². The predicted octanol–water partition coefficient (Wildman–Crippen LogP) is 1.50. The van der Waals surface area contributed by atoms with Gasteiger partial charge in [-0.1, -0.05) is 0 Å². The van der Waals surface area contributed by atoms with Crippen LogP contribution in [-0.4, -0.2) is 19.5 Å². The molecule has 0 amide bonds. The van der Waals surface area contributed by atoms with E-state index in [4.69, 9.17) is 0 Å². The summed E-state index contributed by atoms with van der Waals surface area (Å²) in [4.78, 5) is 35.2. The molecule has 0 radical (unpaired) electrons. The molecular weight excluding hydrogens is 391 g/mol. The molecule has 0 bridgehead atoms. The molecule has 0 unspecified atom stereocenters. The smallest absolute Gasteiger partial charge is 0.268 e. The molecule has 0 fully saturated rings. The molecule has 0 saturated heterocycles. The summed E-state index contributed by atoms with van der Waals surface area (Å²) in [5, 5.41) is 1.82. The van der Waals surface area contributed by atoms with Gasteiger partial charge in [-0.05, 0) is 41.0 Å². The van der Waals surface area contributed by atoms with E-state index in [1.54, 1.807) is 13.0 Å². The van der Waals surface area contributed by atoms with Gasteiger partial charge in [-0.2, -0.15) is 0 Å². The number of thiophene rings is 1. The number of fused-ring (bicyclic) bond motifs is 1. The maximum atomic E-state index is 12.1. The van der Waals surface area contributed by atoms with Crippen molar-refractivity contribution in [3.8, 4) is 0 Å². The Hall–Kier alpha value is -1.55. The van der Waals surface area contributed by atoms with Crippen molar-refractivity contribution in [2.75, 3.05) is 0 Å². The van der Waals surface area contributed by atoms with Crippen LogP contribution in [0.1, 0.15) is 11.6 Å². The average Bonchev–Trinajstić information content (AvgIpc) is 2.88. The number of rotatable bonds is 2. The Kier molecular flexibility index (Phi) is 3.42. The van der Waals surface area contributed by atoms with Gasteiger partial charge in [0.05, 0.1) is 15.6 Å². The number of hydrogen-bond acceptors (Lipinski definition) is 5. The Labute approximate surface area is 130 Å². The minimum absolute atomic E-state index is 0.133. The summed E-state index contributed by atoms with van der Waals surface area (Å²) in [7, 11) is 0. The standard InChI is InChI=1S/C12H9IN4O2S/c1-6-14-4-7(13)12(19)17(6)5-9-15-8-2-3-20-10(8)11(18)16-9/h2-4H,5H2,1H3,(H,15,16,18).